The zero-order valence-electron chi connectivity index (χ0n) is 61.2. The maximum Gasteiger partial charge on any atom is 0.337 e. The van der Waals surface area contributed by atoms with Gasteiger partial charge in [0.1, 0.15) is 60.4 Å². The summed E-state index contributed by atoms with van der Waals surface area (Å²) in [5, 5.41) is 11.2. The molecule has 11 amide bonds. The van der Waals surface area contributed by atoms with E-state index in [1.54, 1.807) is 58.9 Å². The monoisotopic (exact) mass is 1320 g/mol. The Morgan fingerprint density at radius 2 is 0.926 bits per heavy atom. The highest BCUT2D eigenvalue weighted by Crippen LogP contribution is 2.28. The van der Waals surface area contributed by atoms with E-state index in [-0.39, 0.29) is 61.7 Å². The molecule has 1 heterocycles. The van der Waals surface area contributed by atoms with Crippen molar-refractivity contribution >= 4 is 77.0 Å². The third-order valence-corrected chi connectivity index (χ3v) is 18.0. The number of esters is 1. The minimum absolute atomic E-state index is 0.0618. The summed E-state index contributed by atoms with van der Waals surface area (Å²) < 4.78 is 4.85. The van der Waals surface area contributed by atoms with E-state index in [1.165, 1.54) is 99.7 Å². The number of nitrogens with one attached hydrogen (secondary N) is 4. The number of hydrogen-bond acceptors (Lipinski definition) is 13. The molecule has 0 aliphatic carbocycles. The van der Waals surface area contributed by atoms with E-state index in [1.807, 2.05) is 81.4 Å². The van der Waals surface area contributed by atoms with Gasteiger partial charge in [-0.3, -0.25) is 52.7 Å². The molecular formula is C70H117N11O13. The summed E-state index contributed by atoms with van der Waals surface area (Å²) in [7, 11) is 11.5. The third-order valence-electron chi connectivity index (χ3n) is 18.0. The molecule has 0 bridgehead atoms. The molecule has 530 valence electrons. The van der Waals surface area contributed by atoms with Crippen LogP contribution in [0.4, 0.5) is 0 Å². The fourth-order valence-electron chi connectivity index (χ4n) is 11.9. The summed E-state index contributed by atoms with van der Waals surface area (Å²) in [6.07, 6.45) is 4.89. The zero-order chi connectivity index (χ0) is 72.2. The van der Waals surface area contributed by atoms with Crippen LogP contribution < -0.4 is 21.3 Å². The first-order valence-electron chi connectivity index (χ1n) is 33.5. The predicted molar refractivity (Wildman–Crippen MR) is 364 cm³/mol. The predicted octanol–water partition coefficient (Wildman–Crippen LogP) is 5.47. The van der Waals surface area contributed by atoms with Crippen molar-refractivity contribution in [1.29, 1.82) is 0 Å². The van der Waals surface area contributed by atoms with E-state index in [2.05, 4.69) is 21.3 Å². The van der Waals surface area contributed by atoms with Crippen LogP contribution in [-0.2, 0) is 57.5 Å². The van der Waals surface area contributed by atoms with Crippen molar-refractivity contribution in [2.24, 2.45) is 47.3 Å². The van der Waals surface area contributed by atoms with Crippen molar-refractivity contribution in [3.63, 3.8) is 0 Å². The van der Waals surface area contributed by atoms with Gasteiger partial charge in [0.15, 0.2) is 0 Å². The number of likely N-dealkylation sites (N-methyl/N-ethyl adjacent to an activating group) is 7. The van der Waals surface area contributed by atoms with Gasteiger partial charge in [0, 0.05) is 49.3 Å². The smallest absolute Gasteiger partial charge is 0.337 e. The van der Waals surface area contributed by atoms with E-state index in [4.69, 9.17) is 4.74 Å². The molecule has 1 aromatic carbocycles. The number of rotatable bonds is 17. The molecule has 12 atom stereocenters. The fraction of sp³-hybridized carbons (Fsp3) is 0.714. The number of methoxy groups -OCH3 is 1. The molecule has 24 heteroatoms. The van der Waals surface area contributed by atoms with Gasteiger partial charge in [0.05, 0.1) is 19.2 Å². The van der Waals surface area contributed by atoms with Crippen molar-refractivity contribution < 1.29 is 62.3 Å². The molecule has 1 aliphatic rings. The van der Waals surface area contributed by atoms with Crippen LogP contribution in [0.15, 0.2) is 30.3 Å². The maximum absolute atomic E-state index is 15.5. The molecule has 1 aromatic rings. The lowest BCUT2D eigenvalue weighted by atomic mass is 9.84. The van der Waals surface area contributed by atoms with Crippen LogP contribution in [0.25, 0.3) is 6.08 Å². The summed E-state index contributed by atoms with van der Waals surface area (Å²) in [6.45, 7) is 29.8. The largest absolute Gasteiger partial charge is 0.465 e. The van der Waals surface area contributed by atoms with Crippen molar-refractivity contribution in [2.75, 3.05) is 63.0 Å². The first kappa shape index (κ1) is 82.7. The SMILES string of the molecule is CC[C@@H]1NC(=O)[C@H]([C@H](C)[C@H](C)C/C=C/c2ccc(C(=O)OC)cc2)N(C)C(=O)[C@H](C(C)C)N(C)C(=O)[C@H](CC(C)C)N(C)C(=O)[C@H](CC(C)C)N(C)C(=O)[C@@H](C)NC(=O)[C@H](C)NC(=O)[C@H](CC(C)C)N(C)C(=O)[C@H](C(C)C)NC(=O)[C@H](CC(C)C)N(C)C(=O)CN(C)C1=O. The lowest BCUT2D eigenvalue weighted by molar-refractivity contribution is -0.156. The summed E-state index contributed by atoms with van der Waals surface area (Å²) in [5.74, 6) is -10.1. The maximum atomic E-state index is 15.5. The molecule has 94 heavy (non-hydrogen) atoms. The highest BCUT2D eigenvalue weighted by molar-refractivity contribution is 5.99. The van der Waals surface area contributed by atoms with Crippen LogP contribution in [0, 0.1) is 47.3 Å². The Morgan fingerprint density at radius 3 is 1.39 bits per heavy atom. The highest BCUT2D eigenvalue weighted by atomic mass is 16.5. The van der Waals surface area contributed by atoms with Crippen LogP contribution in [0.5, 0.6) is 0 Å². The Hall–Kier alpha value is -7.40. The van der Waals surface area contributed by atoms with Crippen LogP contribution in [-0.4, -0.2) is 229 Å². The molecule has 0 saturated carbocycles. The first-order valence-corrected chi connectivity index (χ1v) is 33.5. The number of allylic oxidation sites excluding steroid dienone is 1. The van der Waals surface area contributed by atoms with Gasteiger partial charge in [0.25, 0.3) is 0 Å². The molecular weight excluding hydrogens is 1200 g/mol. The van der Waals surface area contributed by atoms with Crippen molar-refractivity contribution in [3.05, 3.63) is 41.5 Å². The van der Waals surface area contributed by atoms with E-state index < -0.39 is 156 Å². The Labute approximate surface area is 561 Å². The molecule has 1 aliphatic heterocycles. The van der Waals surface area contributed by atoms with Crippen LogP contribution in [0.2, 0.25) is 0 Å². The van der Waals surface area contributed by atoms with E-state index in [0.717, 1.165) is 10.5 Å². The molecule has 0 spiro atoms. The Balaban J connectivity index is 3.00. The summed E-state index contributed by atoms with van der Waals surface area (Å²) >= 11 is 0. The van der Waals surface area contributed by atoms with E-state index in [0.29, 0.717) is 12.0 Å². The molecule has 2 rings (SSSR count). The van der Waals surface area contributed by atoms with E-state index in [9.17, 15) is 38.4 Å². The number of nitrogens with zero attached hydrogens (tertiary/aromatic N) is 7. The number of ether oxygens (including phenoxy) is 1. The normalized spacial score (nSPS) is 25.4. The second-order valence-electron chi connectivity index (χ2n) is 28.4. The van der Waals surface area contributed by atoms with Crippen molar-refractivity contribution in [1.82, 2.24) is 55.6 Å². The molecule has 0 unspecified atom stereocenters. The molecule has 0 radical (unpaired) electrons. The quantitative estimate of drug-likeness (QED) is 0.141. The second-order valence-corrected chi connectivity index (χ2v) is 28.4. The number of hydrogen-bond donors (Lipinski definition) is 4. The average Bonchev–Trinajstić information content (AvgIpc) is 0.807. The molecule has 24 nitrogen and oxygen atoms in total. The van der Waals surface area contributed by atoms with E-state index >= 15 is 19.2 Å². The third kappa shape index (κ3) is 22.9. The Bertz CT molecular complexity index is 2800. The van der Waals surface area contributed by atoms with Gasteiger partial charge in [-0.05, 0) is 117 Å². The molecule has 1 fully saturated rings. The first-order chi connectivity index (χ1) is 43.6. The van der Waals surface area contributed by atoms with Gasteiger partial charge >= 0.3 is 5.97 Å². The summed E-state index contributed by atoms with van der Waals surface area (Å²) in [5.41, 5.74) is 1.17. The lowest BCUT2D eigenvalue weighted by Gasteiger charge is -2.42. The standard InChI is InChI=1S/C70H117N11O13/c1-26-51-65(88)75(18)38-56(82)76(19)52(34-39(2)3)62(85)74-57(43(10)11)68(91)77(20)53(35-40(4)5)61(84)71-47(16)60(83)72-48(17)64(87)78(21)54(36-41(6)7)66(89)79(22)55(37-42(8)9)67(90)80(23)58(44(12)13)69(92)81(24)59(63(86)73-51)46(15)45(14)28-27-29-49-30-32-50(33-31-49)70(93)94-25/h27,29-33,39-48,51-55,57-59H,26,28,34-38H2,1-25H3,(H,71,84)(H,72,83)(H,73,86)(H,74,85)/b29-27+/t45-,46-,47+,48-,51+,52+,53+,54+,55+,57+,58+,59+/m1/s1. The highest BCUT2D eigenvalue weighted by Gasteiger charge is 2.45. The fourth-order valence-corrected chi connectivity index (χ4v) is 11.9. The Kier molecular flexibility index (Phi) is 33.1. The van der Waals surface area contributed by atoms with Gasteiger partial charge in [0.2, 0.25) is 65.0 Å². The van der Waals surface area contributed by atoms with Gasteiger partial charge in [-0.25, -0.2) is 4.79 Å². The number of carbonyl (C=O) groups is 12. The van der Waals surface area contributed by atoms with Gasteiger partial charge in [-0.15, -0.1) is 0 Å². The van der Waals surface area contributed by atoms with Gasteiger partial charge in [-0.2, -0.15) is 0 Å². The van der Waals surface area contributed by atoms with Crippen LogP contribution in [0.3, 0.4) is 0 Å². The number of benzene rings is 1. The summed E-state index contributed by atoms with van der Waals surface area (Å²) in [6, 6.07) is -5.06. The molecule has 1 saturated heterocycles. The van der Waals surface area contributed by atoms with Crippen LogP contribution >= 0.6 is 0 Å². The van der Waals surface area contributed by atoms with Crippen LogP contribution in [0.1, 0.15) is 172 Å². The second kappa shape index (κ2) is 37.6. The lowest BCUT2D eigenvalue weighted by Crippen LogP contribution is -2.62. The zero-order valence-corrected chi connectivity index (χ0v) is 61.2. The minimum atomic E-state index is -1.26. The summed E-state index contributed by atoms with van der Waals surface area (Å²) in [4.78, 5) is 183. The average molecular weight is 1320 g/mol. The molecule has 0 aromatic heterocycles. The number of carbonyl (C=O) groups excluding carboxylic acids is 12. The van der Waals surface area contributed by atoms with Crippen molar-refractivity contribution in [2.45, 2.75) is 217 Å². The Morgan fingerprint density at radius 1 is 0.489 bits per heavy atom. The van der Waals surface area contributed by atoms with Crippen molar-refractivity contribution in [3.8, 4) is 0 Å². The number of amides is 11. The van der Waals surface area contributed by atoms with Gasteiger partial charge < -0.3 is 60.3 Å². The minimum Gasteiger partial charge on any atom is -0.465 e. The van der Waals surface area contributed by atoms with Gasteiger partial charge in [-0.1, -0.05) is 128 Å². The molecule has 4 N–H and O–H groups in total. The topological polar surface area (TPSA) is 285 Å².